The lowest BCUT2D eigenvalue weighted by Gasteiger charge is -2.15. The van der Waals surface area contributed by atoms with Gasteiger partial charge in [-0.1, -0.05) is 32.9 Å². The third-order valence-corrected chi connectivity index (χ3v) is 3.39. The Morgan fingerprint density at radius 2 is 2.06 bits per heavy atom. The van der Waals surface area contributed by atoms with Gasteiger partial charge >= 0.3 is 0 Å². The van der Waals surface area contributed by atoms with E-state index in [2.05, 4.69) is 44.3 Å². The highest BCUT2D eigenvalue weighted by molar-refractivity contribution is 5.30. The van der Waals surface area contributed by atoms with E-state index < -0.39 is 0 Å². The van der Waals surface area contributed by atoms with E-state index in [1.807, 2.05) is 6.07 Å². The Labute approximate surface area is 111 Å². The Morgan fingerprint density at radius 3 is 2.72 bits per heavy atom. The summed E-state index contributed by atoms with van der Waals surface area (Å²) in [5, 5.41) is 3.54. The van der Waals surface area contributed by atoms with E-state index in [9.17, 15) is 0 Å². The van der Waals surface area contributed by atoms with Gasteiger partial charge in [0.05, 0.1) is 6.61 Å². The van der Waals surface area contributed by atoms with Crippen LogP contribution in [0.1, 0.15) is 45.1 Å². The summed E-state index contributed by atoms with van der Waals surface area (Å²) < 4.78 is 5.87. The molecule has 0 heterocycles. The first-order chi connectivity index (χ1) is 8.65. The molecule has 1 aromatic rings. The maximum absolute atomic E-state index is 5.87. The summed E-state index contributed by atoms with van der Waals surface area (Å²) in [5.41, 5.74) is 1.34. The molecular weight excluding hydrogens is 222 g/mol. The van der Waals surface area contributed by atoms with Gasteiger partial charge in [-0.2, -0.15) is 0 Å². The Balaban J connectivity index is 1.75. The number of rotatable bonds is 7. The molecule has 0 spiro atoms. The fourth-order valence-corrected chi connectivity index (χ4v) is 1.92. The monoisotopic (exact) mass is 247 g/mol. The largest absolute Gasteiger partial charge is 0.493 e. The zero-order chi connectivity index (χ0) is 13.0. The van der Waals surface area contributed by atoms with Gasteiger partial charge < -0.3 is 10.1 Å². The highest BCUT2D eigenvalue weighted by Crippen LogP contribution is 2.21. The minimum atomic E-state index is 0.558. The van der Waals surface area contributed by atoms with Crippen LogP contribution in [0.25, 0.3) is 0 Å². The van der Waals surface area contributed by atoms with Crippen molar-refractivity contribution >= 4 is 0 Å². The lowest BCUT2D eigenvalue weighted by Crippen LogP contribution is -2.26. The SMILES string of the molecule is CC(CNC1CC1)COc1cccc(C(C)C)c1. The zero-order valence-electron chi connectivity index (χ0n) is 11.8. The molecule has 0 aromatic heterocycles. The van der Waals surface area contributed by atoms with Crippen LogP contribution >= 0.6 is 0 Å². The van der Waals surface area contributed by atoms with E-state index in [0.717, 1.165) is 24.9 Å². The molecule has 1 aliphatic rings. The lowest BCUT2D eigenvalue weighted by molar-refractivity contribution is 0.255. The number of ether oxygens (including phenoxy) is 1. The van der Waals surface area contributed by atoms with E-state index in [4.69, 9.17) is 4.74 Å². The Morgan fingerprint density at radius 1 is 1.28 bits per heavy atom. The molecule has 0 saturated heterocycles. The molecule has 1 saturated carbocycles. The Hall–Kier alpha value is -1.02. The Bertz CT molecular complexity index is 371. The first-order valence-electron chi connectivity index (χ1n) is 7.11. The van der Waals surface area contributed by atoms with Crippen molar-refractivity contribution < 1.29 is 4.74 Å². The zero-order valence-corrected chi connectivity index (χ0v) is 11.8. The number of benzene rings is 1. The predicted molar refractivity (Wildman–Crippen MR) is 76.2 cm³/mol. The molecule has 2 rings (SSSR count). The van der Waals surface area contributed by atoms with Gasteiger partial charge in [-0.05, 0) is 36.5 Å². The van der Waals surface area contributed by atoms with Crippen LogP contribution in [0.15, 0.2) is 24.3 Å². The fraction of sp³-hybridized carbons (Fsp3) is 0.625. The average Bonchev–Trinajstić information content (AvgIpc) is 3.18. The minimum Gasteiger partial charge on any atom is -0.493 e. The molecule has 1 atom stereocenters. The molecular formula is C16H25NO. The van der Waals surface area contributed by atoms with Gasteiger partial charge in [0.1, 0.15) is 5.75 Å². The maximum Gasteiger partial charge on any atom is 0.119 e. The molecule has 1 unspecified atom stereocenters. The third kappa shape index (κ3) is 4.34. The third-order valence-electron chi connectivity index (χ3n) is 3.39. The van der Waals surface area contributed by atoms with Crippen LogP contribution in [0, 0.1) is 5.92 Å². The second-order valence-corrected chi connectivity index (χ2v) is 5.83. The second kappa shape index (κ2) is 6.24. The van der Waals surface area contributed by atoms with Crippen LogP contribution < -0.4 is 10.1 Å². The van der Waals surface area contributed by atoms with Gasteiger partial charge in [0.2, 0.25) is 0 Å². The van der Waals surface area contributed by atoms with Crippen LogP contribution in [0.3, 0.4) is 0 Å². The quantitative estimate of drug-likeness (QED) is 0.795. The van der Waals surface area contributed by atoms with Crippen LogP contribution in [0.5, 0.6) is 5.75 Å². The van der Waals surface area contributed by atoms with Gasteiger partial charge in [-0.25, -0.2) is 0 Å². The second-order valence-electron chi connectivity index (χ2n) is 5.83. The highest BCUT2D eigenvalue weighted by Gasteiger charge is 2.20. The Kier molecular flexibility index (Phi) is 4.65. The van der Waals surface area contributed by atoms with Crippen molar-refractivity contribution in [1.82, 2.24) is 5.32 Å². The molecule has 18 heavy (non-hydrogen) atoms. The van der Waals surface area contributed by atoms with Crippen LogP contribution in [-0.2, 0) is 0 Å². The van der Waals surface area contributed by atoms with Crippen molar-refractivity contribution in [3.8, 4) is 5.75 Å². The first-order valence-corrected chi connectivity index (χ1v) is 7.11. The predicted octanol–water partition coefficient (Wildman–Crippen LogP) is 3.58. The molecule has 0 bridgehead atoms. The summed E-state index contributed by atoms with van der Waals surface area (Å²) in [6.07, 6.45) is 2.70. The molecule has 0 aliphatic heterocycles. The van der Waals surface area contributed by atoms with Crippen molar-refractivity contribution in [1.29, 1.82) is 0 Å². The fourth-order valence-electron chi connectivity index (χ4n) is 1.92. The van der Waals surface area contributed by atoms with Crippen LogP contribution in [0.2, 0.25) is 0 Å². The van der Waals surface area contributed by atoms with Gasteiger partial charge in [0.25, 0.3) is 0 Å². The van der Waals surface area contributed by atoms with Crippen molar-refractivity contribution in [2.24, 2.45) is 5.92 Å². The van der Waals surface area contributed by atoms with E-state index in [1.54, 1.807) is 0 Å². The number of nitrogens with one attached hydrogen (secondary N) is 1. The summed E-state index contributed by atoms with van der Waals surface area (Å²) in [7, 11) is 0. The molecule has 1 fully saturated rings. The van der Waals surface area contributed by atoms with Crippen molar-refractivity contribution in [3.63, 3.8) is 0 Å². The minimum absolute atomic E-state index is 0.558. The molecule has 1 N–H and O–H groups in total. The molecule has 1 aromatic carbocycles. The first kappa shape index (κ1) is 13.4. The summed E-state index contributed by atoms with van der Waals surface area (Å²) >= 11 is 0. The van der Waals surface area contributed by atoms with Gasteiger partial charge in [-0.3, -0.25) is 0 Å². The van der Waals surface area contributed by atoms with Crippen LogP contribution in [0.4, 0.5) is 0 Å². The van der Waals surface area contributed by atoms with Crippen molar-refractivity contribution in [3.05, 3.63) is 29.8 Å². The van der Waals surface area contributed by atoms with Crippen LogP contribution in [-0.4, -0.2) is 19.2 Å². The molecule has 100 valence electrons. The topological polar surface area (TPSA) is 21.3 Å². The molecule has 2 heteroatoms. The summed E-state index contributed by atoms with van der Waals surface area (Å²) in [5.74, 6) is 2.12. The number of hydrogen-bond donors (Lipinski definition) is 1. The maximum atomic E-state index is 5.87. The molecule has 1 aliphatic carbocycles. The van der Waals surface area contributed by atoms with Gasteiger partial charge in [0, 0.05) is 18.5 Å². The summed E-state index contributed by atoms with van der Waals surface area (Å²) in [6, 6.07) is 9.24. The highest BCUT2D eigenvalue weighted by atomic mass is 16.5. The van der Waals surface area contributed by atoms with Gasteiger partial charge in [0.15, 0.2) is 0 Å². The molecule has 0 amide bonds. The summed E-state index contributed by atoms with van der Waals surface area (Å²) in [6.45, 7) is 8.51. The number of hydrogen-bond acceptors (Lipinski definition) is 2. The van der Waals surface area contributed by atoms with Crippen molar-refractivity contribution in [2.45, 2.75) is 45.6 Å². The summed E-state index contributed by atoms with van der Waals surface area (Å²) in [4.78, 5) is 0. The lowest BCUT2D eigenvalue weighted by atomic mass is 10.0. The molecule has 0 radical (unpaired) electrons. The normalized spacial score (nSPS) is 16.9. The van der Waals surface area contributed by atoms with Gasteiger partial charge in [-0.15, -0.1) is 0 Å². The smallest absolute Gasteiger partial charge is 0.119 e. The van der Waals surface area contributed by atoms with E-state index in [0.29, 0.717) is 11.8 Å². The molecule has 2 nitrogen and oxygen atoms in total. The average molecular weight is 247 g/mol. The van der Waals surface area contributed by atoms with E-state index >= 15 is 0 Å². The van der Waals surface area contributed by atoms with E-state index in [-0.39, 0.29) is 0 Å². The van der Waals surface area contributed by atoms with Crippen molar-refractivity contribution in [2.75, 3.05) is 13.2 Å². The standard InChI is InChI=1S/C16H25NO/c1-12(2)14-5-4-6-16(9-14)18-11-13(3)10-17-15-7-8-15/h4-6,9,12-13,15,17H,7-8,10-11H2,1-3H3. The van der Waals surface area contributed by atoms with E-state index in [1.165, 1.54) is 18.4 Å².